The van der Waals surface area contributed by atoms with E-state index in [0.29, 0.717) is 30.9 Å². The van der Waals surface area contributed by atoms with Crippen molar-refractivity contribution in [3.8, 4) is 0 Å². The number of anilines is 2. The summed E-state index contributed by atoms with van der Waals surface area (Å²) in [5, 5.41) is 5.49. The van der Waals surface area contributed by atoms with Gasteiger partial charge in [-0.15, -0.1) is 12.4 Å². The molecule has 0 aliphatic carbocycles. The Morgan fingerprint density at radius 2 is 1.60 bits per heavy atom. The van der Waals surface area contributed by atoms with Crippen LogP contribution in [-0.4, -0.2) is 62.1 Å². The normalized spacial score (nSPS) is 13.9. The summed E-state index contributed by atoms with van der Waals surface area (Å²) in [6.45, 7) is 5.20. The number of hydrogen-bond acceptors (Lipinski definition) is 5. The van der Waals surface area contributed by atoms with Crippen LogP contribution in [0.5, 0.6) is 0 Å². The highest BCUT2D eigenvalue weighted by molar-refractivity contribution is 7.92. The van der Waals surface area contributed by atoms with E-state index in [4.69, 9.17) is 0 Å². The molecule has 1 aliphatic rings. The molecule has 1 saturated heterocycles. The van der Waals surface area contributed by atoms with Crippen LogP contribution < -0.4 is 15.4 Å². The summed E-state index contributed by atoms with van der Waals surface area (Å²) in [6, 6.07) is 17.0. The predicted molar refractivity (Wildman–Crippen MR) is 175 cm³/mol. The second-order valence-corrected chi connectivity index (χ2v) is 12.8. The van der Waals surface area contributed by atoms with Gasteiger partial charge in [0.15, 0.2) is 0 Å². The van der Waals surface area contributed by atoms with Gasteiger partial charge in [0.25, 0.3) is 5.91 Å². The lowest BCUT2D eigenvalue weighted by Gasteiger charge is -2.38. The van der Waals surface area contributed by atoms with Gasteiger partial charge in [-0.1, -0.05) is 37.6 Å². The molecule has 3 N–H and O–H groups in total. The zero-order valence-corrected chi connectivity index (χ0v) is 27.0. The number of carbonyl (C=O) groups excluding carboxylic acids is 2. The third-order valence-electron chi connectivity index (χ3n) is 7.52. The number of amides is 3. The van der Waals surface area contributed by atoms with Gasteiger partial charge in [0.05, 0.1) is 11.9 Å². The number of urea groups is 1. The monoisotopic (exact) mass is 663 g/mol. The maximum atomic E-state index is 14.1. The molecule has 0 unspecified atom stereocenters. The van der Waals surface area contributed by atoms with Crippen LogP contribution in [0.3, 0.4) is 0 Å². The summed E-state index contributed by atoms with van der Waals surface area (Å²) in [5.74, 6) is -1.70. The quantitative estimate of drug-likeness (QED) is 0.221. The van der Waals surface area contributed by atoms with Crippen molar-refractivity contribution in [2.75, 3.05) is 35.9 Å². The Morgan fingerprint density at radius 3 is 2.20 bits per heavy atom. The van der Waals surface area contributed by atoms with Crippen LogP contribution in [-0.2, 0) is 23.1 Å². The van der Waals surface area contributed by atoms with Gasteiger partial charge in [0.1, 0.15) is 11.6 Å². The molecular formula is C32H40ClF2N5O4S. The van der Waals surface area contributed by atoms with Crippen molar-refractivity contribution < 1.29 is 26.8 Å². The Kier molecular flexibility index (Phi) is 13.1. The van der Waals surface area contributed by atoms with E-state index in [0.717, 1.165) is 68.3 Å². The number of nitrogens with one attached hydrogen (secondary N) is 3. The molecule has 3 aromatic carbocycles. The maximum Gasteiger partial charge on any atom is 0.322 e. The third-order valence-corrected chi connectivity index (χ3v) is 8.12. The summed E-state index contributed by atoms with van der Waals surface area (Å²) in [5.41, 5.74) is 2.87. The van der Waals surface area contributed by atoms with Gasteiger partial charge in [-0.25, -0.2) is 22.0 Å². The van der Waals surface area contributed by atoms with E-state index in [1.807, 2.05) is 12.1 Å². The molecule has 3 aromatic rings. The topological polar surface area (TPSA) is 111 Å². The lowest BCUT2D eigenvalue weighted by Crippen LogP contribution is -2.49. The fraction of sp³-hybridized carbons (Fsp3) is 0.375. The zero-order chi connectivity index (χ0) is 31.7. The molecule has 13 heteroatoms. The van der Waals surface area contributed by atoms with E-state index in [1.54, 1.807) is 41.3 Å². The van der Waals surface area contributed by atoms with Gasteiger partial charge in [0, 0.05) is 56.1 Å². The van der Waals surface area contributed by atoms with Crippen LogP contribution in [0, 0.1) is 11.6 Å². The molecule has 0 bridgehead atoms. The lowest BCUT2D eigenvalue weighted by molar-refractivity contribution is 0.0950. The average Bonchev–Trinajstić information content (AvgIpc) is 2.98. The molecule has 0 saturated carbocycles. The Hall–Kier alpha value is -3.74. The number of carbonyl (C=O) groups is 2. The van der Waals surface area contributed by atoms with Crippen molar-refractivity contribution >= 4 is 45.7 Å². The number of hydrogen-bond donors (Lipinski definition) is 3. The molecule has 9 nitrogen and oxygen atoms in total. The first-order valence-electron chi connectivity index (χ1n) is 14.7. The van der Waals surface area contributed by atoms with Crippen molar-refractivity contribution in [2.24, 2.45) is 0 Å². The fourth-order valence-corrected chi connectivity index (χ4v) is 5.72. The molecule has 1 fully saturated rings. The van der Waals surface area contributed by atoms with Crippen molar-refractivity contribution in [3.63, 3.8) is 0 Å². The van der Waals surface area contributed by atoms with Crippen molar-refractivity contribution in [1.29, 1.82) is 0 Å². The highest BCUT2D eigenvalue weighted by atomic mass is 35.5. The lowest BCUT2D eigenvalue weighted by atomic mass is 10.0. The number of rotatable bonds is 12. The largest absolute Gasteiger partial charge is 0.348 e. The van der Waals surface area contributed by atoms with Crippen LogP contribution in [0.15, 0.2) is 66.7 Å². The van der Waals surface area contributed by atoms with Crippen LogP contribution in [0.25, 0.3) is 0 Å². The molecule has 1 aliphatic heterocycles. The second-order valence-electron chi connectivity index (χ2n) is 11.1. The Labute approximate surface area is 269 Å². The number of sulfonamides is 1. The molecule has 4 rings (SSSR count). The van der Waals surface area contributed by atoms with Crippen LogP contribution >= 0.6 is 12.4 Å². The number of piperidine rings is 1. The van der Waals surface area contributed by atoms with E-state index in [1.165, 1.54) is 6.07 Å². The minimum absolute atomic E-state index is 0. The van der Waals surface area contributed by atoms with Crippen molar-refractivity contribution in [2.45, 2.75) is 51.7 Å². The van der Waals surface area contributed by atoms with Crippen molar-refractivity contribution in [1.82, 2.24) is 15.1 Å². The van der Waals surface area contributed by atoms with Crippen LogP contribution in [0.1, 0.15) is 54.1 Å². The van der Waals surface area contributed by atoms with Crippen molar-refractivity contribution in [3.05, 3.63) is 95.1 Å². The van der Waals surface area contributed by atoms with E-state index in [9.17, 15) is 26.8 Å². The van der Waals surface area contributed by atoms with E-state index >= 15 is 0 Å². The fourth-order valence-electron chi connectivity index (χ4n) is 5.15. The molecule has 45 heavy (non-hydrogen) atoms. The Balaban J connectivity index is 0.00000552. The Bertz CT molecular complexity index is 1530. The molecule has 3 amide bonds. The van der Waals surface area contributed by atoms with Crippen LogP contribution in [0.2, 0.25) is 0 Å². The highest BCUT2D eigenvalue weighted by Crippen LogP contribution is 2.22. The first-order chi connectivity index (χ1) is 21.0. The molecule has 0 atom stereocenters. The number of likely N-dealkylation sites (tertiary alicyclic amines) is 1. The molecule has 244 valence electrons. The summed E-state index contributed by atoms with van der Waals surface area (Å²) in [4.78, 5) is 29.8. The average molecular weight is 664 g/mol. The smallest absolute Gasteiger partial charge is 0.322 e. The van der Waals surface area contributed by atoms with Gasteiger partial charge in [-0.05, 0) is 66.8 Å². The van der Waals surface area contributed by atoms with E-state index < -0.39 is 21.7 Å². The molecule has 0 spiro atoms. The third kappa shape index (κ3) is 11.0. The number of benzene rings is 3. The SMILES string of the molecule is CCCCN(C(=O)Nc1ccc(F)cc1F)C1CCN(Cc2ccc(C(=O)NCc3ccc(NS(C)(=O)=O)cc3)cc2)CC1.Cl. The maximum absolute atomic E-state index is 14.1. The number of nitrogens with zero attached hydrogens (tertiary/aromatic N) is 2. The summed E-state index contributed by atoms with van der Waals surface area (Å²) >= 11 is 0. The zero-order valence-electron chi connectivity index (χ0n) is 25.4. The number of halogens is 3. The van der Waals surface area contributed by atoms with Gasteiger partial charge in [0.2, 0.25) is 10.0 Å². The minimum Gasteiger partial charge on any atom is -0.348 e. The molecular weight excluding hydrogens is 624 g/mol. The highest BCUT2D eigenvalue weighted by Gasteiger charge is 2.28. The molecule has 1 heterocycles. The first-order valence-corrected chi connectivity index (χ1v) is 16.6. The van der Waals surface area contributed by atoms with E-state index in [2.05, 4.69) is 27.2 Å². The standard InChI is InChI=1S/C32H39F2N5O4S.ClH/c1-3-4-17-39(32(41)36-30-14-11-26(33)20-29(30)34)28-15-18-38(19-16-28)22-24-5-9-25(10-6-24)31(40)35-21-23-7-12-27(13-8-23)37-44(2,42)43;/h5-14,20,28,37H,3-4,15-19,21-22H2,1-2H3,(H,35,40)(H,36,41);1H. The predicted octanol–water partition coefficient (Wildman–Crippen LogP) is 5.99. The molecule has 0 radical (unpaired) electrons. The molecule has 0 aromatic heterocycles. The first kappa shape index (κ1) is 35.7. The summed E-state index contributed by atoms with van der Waals surface area (Å²) in [7, 11) is -3.35. The van der Waals surface area contributed by atoms with Gasteiger partial charge in [-0.3, -0.25) is 14.4 Å². The minimum atomic E-state index is -3.35. The van der Waals surface area contributed by atoms with E-state index in [-0.39, 0.29) is 36.1 Å². The number of unbranched alkanes of at least 4 members (excludes halogenated alkanes) is 1. The van der Waals surface area contributed by atoms with Gasteiger partial charge < -0.3 is 15.5 Å². The summed E-state index contributed by atoms with van der Waals surface area (Å²) in [6.07, 6.45) is 4.38. The summed E-state index contributed by atoms with van der Waals surface area (Å²) < 4.78 is 52.5. The van der Waals surface area contributed by atoms with Gasteiger partial charge in [-0.2, -0.15) is 0 Å². The van der Waals surface area contributed by atoms with Crippen LogP contribution in [0.4, 0.5) is 25.0 Å². The second kappa shape index (κ2) is 16.5. The Morgan fingerprint density at radius 1 is 0.956 bits per heavy atom. The van der Waals surface area contributed by atoms with Gasteiger partial charge >= 0.3 is 6.03 Å².